The molecular formula is C19H13ClN4O3S. The molecule has 0 unspecified atom stereocenters. The molecule has 7 nitrogen and oxygen atoms in total. The van der Waals surface area contributed by atoms with Crippen molar-refractivity contribution < 1.29 is 9.53 Å². The molecule has 4 rings (SSSR count). The van der Waals surface area contributed by atoms with Gasteiger partial charge in [-0.1, -0.05) is 35.1 Å². The zero-order chi connectivity index (χ0) is 19.5. The van der Waals surface area contributed by atoms with Gasteiger partial charge in [-0.25, -0.2) is 4.98 Å². The minimum absolute atomic E-state index is 0.143. The molecule has 0 bridgehead atoms. The second kappa shape index (κ2) is 7.79. The summed E-state index contributed by atoms with van der Waals surface area (Å²) in [4.78, 5) is 28.8. The van der Waals surface area contributed by atoms with Gasteiger partial charge in [-0.15, -0.1) is 0 Å². The van der Waals surface area contributed by atoms with Gasteiger partial charge in [0.05, 0.1) is 4.53 Å². The molecule has 0 aliphatic heterocycles. The van der Waals surface area contributed by atoms with E-state index in [4.69, 9.17) is 16.3 Å². The number of rotatable bonds is 5. The fourth-order valence-corrected chi connectivity index (χ4v) is 3.51. The summed E-state index contributed by atoms with van der Waals surface area (Å²) in [5, 5.41) is 7.22. The lowest BCUT2D eigenvalue weighted by Gasteiger charge is -2.08. The van der Waals surface area contributed by atoms with E-state index in [1.54, 1.807) is 48.5 Å². The average molecular weight is 413 g/mol. The van der Waals surface area contributed by atoms with Crippen molar-refractivity contribution in [3.05, 3.63) is 80.3 Å². The molecule has 0 aliphatic rings. The Kier molecular flexibility index (Phi) is 5.05. The Balaban J connectivity index is 1.45. The molecule has 0 saturated heterocycles. The van der Waals surface area contributed by atoms with Crippen LogP contribution in [-0.4, -0.2) is 27.1 Å². The van der Waals surface area contributed by atoms with Gasteiger partial charge in [0, 0.05) is 10.7 Å². The number of halogens is 1. The first-order valence-electron chi connectivity index (χ1n) is 8.21. The number of thiazole rings is 1. The van der Waals surface area contributed by atoms with Crippen LogP contribution in [0.3, 0.4) is 0 Å². The van der Waals surface area contributed by atoms with E-state index in [0.717, 1.165) is 5.56 Å². The van der Waals surface area contributed by atoms with Crippen LogP contribution in [0.2, 0.25) is 5.02 Å². The van der Waals surface area contributed by atoms with Crippen molar-refractivity contribution in [2.75, 3.05) is 11.9 Å². The largest absolute Gasteiger partial charge is 0.484 e. The second-order valence-electron chi connectivity index (χ2n) is 5.79. The lowest BCUT2D eigenvalue weighted by Crippen LogP contribution is -2.23. The Bertz CT molecular complexity index is 1250. The van der Waals surface area contributed by atoms with E-state index in [2.05, 4.69) is 15.4 Å². The summed E-state index contributed by atoms with van der Waals surface area (Å²) in [7, 11) is 0. The number of hydrogen-bond acceptors (Lipinski definition) is 6. The SMILES string of the molecule is O=C(COc1cccc(/C=c2\sc3ncnn3c2=O)c1)Nc1ccc(Cl)cc1. The molecule has 28 heavy (non-hydrogen) atoms. The highest BCUT2D eigenvalue weighted by molar-refractivity contribution is 7.15. The summed E-state index contributed by atoms with van der Waals surface area (Å²) in [6.07, 6.45) is 3.09. The number of nitrogens with one attached hydrogen (secondary N) is 1. The van der Waals surface area contributed by atoms with Crippen LogP contribution in [0, 0.1) is 0 Å². The number of fused-ring (bicyclic) bond motifs is 1. The number of anilines is 1. The van der Waals surface area contributed by atoms with Crippen LogP contribution in [0.15, 0.2) is 59.7 Å². The minimum Gasteiger partial charge on any atom is -0.484 e. The second-order valence-corrected chi connectivity index (χ2v) is 7.23. The Morgan fingerprint density at radius 3 is 2.86 bits per heavy atom. The Morgan fingerprint density at radius 1 is 1.25 bits per heavy atom. The average Bonchev–Trinajstić information content (AvgIpc) is 3.26. The summed E-state index contributed by atoms with van der Waals surface area (Å²) in [5.74, 6) is 0.232. The first-order valence-corrected chi connectivity index (χ1v) is 9.40. The van der Waals surface area contributed by atoms with Crippen LogP contribution < -0.4 is 20.1 Å². The highest BCUT2D eigenvalue weighted by Crippen LogP contribution is 2.15. The Morgan fingerprint density at radius 2 is 2.07 bits per heavy atom. The predicted octanol–water partition coefficient (Wildman–Crippen LogP) is 2.37. The maximum absolute atomic E-state index is 12.2. The highest BCUT2D eigenvalue weighted by atomic mass is 35.5. The highest BCUT2D eigenvalue weighted by Gasteiger charge is 2.06. The molecule has 2 heterocycles. The molecule has 2 aromatic heterocycles. The molecule has 140 valence electrons. The fraction of sp³-hybridized carbons (Fsp3) is 0.0526. The van der Waals surface area contributed by atoms with Gasteiger partial charge in [-0.3, -0.25) is 9.59 Å². The number of carbonyl (C=O) groups excluding carboxylic acids is 1. The lowest BCUT2D eigenvalue weighted by atomic mass is 10.2. The van der Waals surface area contributed by atoms with Gasteiger partial charge in [0.1, 0.15) is 12.1 Å². The molecule has 2 aromatic carbocycles. The number of hydrogen-bond donors (Lipinski definition) is 1. The first kappa shape index (κ1) is 18.1. The van der Waals surface area contributed by atoms with Crippen molar-refractivity contribution in [2.24, 2.45) is 0 Å². The summed E-state index contributed by atoms with van der Waals surface area (Å²) in [5.41, 5.74) is 1.20. The molecule has 0 spiro atoms. The van der Waals surface area contributed by atoms with Gasteiger partial charge < -0.3 is 10.1 Å². The topological polar surface area (TPSA) is 85.6 Å². The monoisotopic (exact) mass is 412 g/mol. The van der Waals surface area contributed by atoms with Gasteiger partial charge in [0.25, 0.3) is 11.5 Å². The van der Waals surface area contributed by atoms with E-state index >= 15 is 0 Å². The third kappa shape index (κ3) is 4.03. The maximum atomic E-state index is 12.2. The van der Waals surface area contributed by atoms with Gasteiger partial charge in [-0.2, -0.15) is 9.61 Å². The number of nitrogens with zero attached hydrogens (tertiary/aromatic N) is 3. The number of aromatic nitrogens is 3. The van der Waals surface area contributed by atoms with Crippen molar-refractivity contribution in [3.63, 3.8) is 0 Å². The van der Waals surface area contributed by atoms with E-state index < -0.39 is 0 Å². The predicted molar refractivity (Wildman–Crippen MR) is 108 cm³/mol. The Hall–Kier alpha value is -3.23. The van der Waals surface area contributed by atoms with Crippen LogP contribution in [-0.2, 0) is 4.79 Å². The van der Waals surface area contributed by atoms with Gasteiger partial charge >= 0.3 is 0 Å². The number of ether oxygens (including phenoxy) is 1. The van der Waals surface area contributed by atoms with Gasteiger partial charge in [-0.05, 0) is 48.0 Å². The number of carbonyl (C=O) groups is 1. The number of amides is 1. The lowest BCUT2D eigenvalue weighted by molar-refractivity contribution is -0.118. The molecule has 0 atom stereocenters. The van der Waals surface area contributed by atoms with E-state index in [-0.39, 0.29) is 18.1 Å². The standard InChI is InChI=1S/C19H13ClN4O3S/c20-13-4-6-14(7-5-13)23-17(25)10-27-15-3-1-2-12(8-15)9-16-18(26)24-19(28-16)21-11-22-24/h1-9,11H,10H2,(H,23,25)/b16-9-. The molecule has 4 aromatic rings. The zero-order valence-electron chi connectivity index (χ0n) is 14.3. The molecule has 0 fully saturated rings. The van der Waals surface area contributed by atoms with Crippen molar-refractivity contribution >= 4 is 45.6 Å². The zero-order valence-corrected chi connectivity index (χ0v) is 15.9. The first-order chi connectivity index (χ1) is 13.6. The molecule has 1 amide bonds. The normalized spacial score (nSPS) is 11.7. The molecule has 1 N–H and O–H groups in total. The van der Waals surface area contributed by atoms with Crippen LogP contribution in [0.5, 0.6) is 5.75 Å². The summed E-state index contributed by atoms with van der Waals surface area (Å²) < 4.78 is 7.34. The fourth-order valence-electron chi connectivity index (χ4n) is 2.50. The smallest absolute Gasteiger partial charge is 0.291 e. The van der Waals surface area contributed by atoms with Crippen LogP contribution in [0.4, 0.5) is 5.69 Å². The van der Waals surface area contributed by atoms with Crippen LogP contribution >= 0.6 is 22.9 Å². The third-order valence-corrected chi connectivity index (χ3v) is 5.00. The molecule has 9 heteroatoms. The molecule has 0 aliphatic carbocycles. The van der Waals surface area contributed by atoms with E-state index in [0.29, 0.717) is 26.0 Å². The van der Waals surface area contributed by atoms with Crippen molar-refractivity contribution in [2.45, 2.75) is 0 Å². The van der Waals surface area contributed by atoms with Gasteiger partial charge in [0.2, 0.25) is 4.96 Å². The van der Waals surface area contributed by atoms with E-state index in [1.807, 2.05) is 6.07 Å². The molecule has 0 radical (unpaired) electrons. The maximum Gasteiger partial charge on any atom is 0.291 e. The van der Waals surface area contributed by atoms with Crippen molar-refractivity contribution in [3.8, 4) is 5.75 Å². The van der Waals surface area contributed by atoms with Crippen molar-refractivity contribution in [1.29, 1.82) is 0 Å². The molecular weight excluding hydrogens is 400 g/mol. The van der Waals surface area contributed by atoms with Crippen molar-refractivity contribution in [1.82, 2.24) is 14.6 Å². The van der Waals surface area contributed by atoms with Gasteiger partial charge in [0.15, 0.2) is 6.61 Å². The minimum atomic E-state index is -0.288. The third-order valence-electron chi connectivity index (χ3n) is 3.77. The summed E-state index contributed by atoms with van der Waals surface area (Å²) in [6, 6.07) is 13.9. The van der Waals surface area contributed by atoms with Crippen LogP contribution in [0.25, 0.3) is 11.0 Å². The molecule has 0 saturated carbocycles. The quantitative estimate of drug-likeness (QED) is 0.544. The summed E-state index contributed by atoms with van der Waals surface area (Å²) in [6.45, 7) is -0.143. The van der Waals surface area contributed by atoms with Crippen LogP contribution in [0.1, 0.15) is 5.56 Å². The number of benzene rings is 2. The Labute approximate surface area is 167 Å². The summed E-state index contributed by atoms with van der Waals surface area (Å²) >= 11 is 7.08. The van der Waals surface area contributed by atoms with E-state index in [9.17, 15) is 9.59 Å². The van der Waals surface area contributed by atoms with E-state index in [1.165, 1.54) is 22.2 Å².